The Morgan fingerprint density at radius 1 is 1.04 bits per heavy atom. The number of anilines is 2. The van der Waals surface area contributed by atoms with E-state index in [4.69, 9.17) is 0 Å². The van der Waals surface area contributed by atoms with Crippen LogP contribution in [0.3, 0.4) is 0 Å². The summed E-state index contributed by atoms with van der Waals surface area (Å²) in [6, 6.07) is 4.75. The number of rotatable bonds is 11. The molecule has 2 atom stereocenters. The molecule has 2 heterocycles. The Bertz CT molecular complexity index is 1460. The molecule has 0 unspecified atom stereocenters. The zero-order valence-corrected chi connectivity index (χ0v) is 27.6. The van der Waals surface area contributed by atoms with Gasteiger partial charge in [0.05, 0.1) is 5.69 Å². The maximum absolute atomic E-state index is 15.6. The fraction of sp³-hybridized carbons (Fsp3) is 0.606. The molecule has 2 aliphatic carbocycles. The van der Waals surface area contributed by atoms with Crippen molar-refractivity contribution in [3.8, 4) is 0 Å². The molecule has 14 heteroatoms. The van der Waals surface area contributed by atoms with Crippen molar-refractivity contribution in [2.75, 3.05) is 50.5 Å². The smallest absolute Gasteiger partial charge is 0.270 e. The summed E-state index contributed by atoms with van der Waals surface area (Å²) in [7, 11) is 3.48. The summed E-state index contributed by atoms with van der Waals surface area (Å²) in [6.07, 6.45) is 3.76. The van der Waals surface area contributed by atoms with Gasteiger partial charge in [-0.25, -0.2) is 8.78 Å². The van der Waals surface area contributed by atoms with Crippen molar-refractivity contribution in [1.29, 1.82) is 0 Å². The summed E-state index contributed by atoms with van der Waals surface area (Å²) in [6.45, 7) is 6.69. The molecule has 3 aliphatic rings. The molecule has 0 bridgehead atoms. The molecule has 2 aromatic rings. The molecule has 2 saturated carbocycles. The number of nitrogens with zero attached hydrogens (tertiary/aromatic N) is 5. The van der Waals surface area contributed by atoms with E-state index in [0.29, 0.717) is 44.3 Å². The zero-order chi connectivity index (χ0) is 33.9. The number of aryl methyl sites for hydroxylation is 1. The summed E-state index contributed by atoms with van der Waals surface area (Å²) in [5.41, 5.74) is -1.52. The molecular formula is C33H46F2N8O4. The minimum absolute atomic E-state index is 0.0879. The predicted molar refractivity (Wildman–Crippen MR) is 173 cm³/mol. The number of halogens is 2. The van der Waals surface area contributed by atoms with Crippen molar-refractivity contribution < 1.29 is 28.0 Å². The topological polar surface area (TPSA) is 132 Å². The molecule has 1 aromatic heterocycles. The third kappa shape index (κ3) is 7.91. The highest BCUT2D eigenvalue weighted by Gasteiger charge is 2.52. The van der Waals surface area contributed by atoms with Gasteiger partial charge in [0.2, 0.25) is 5.91 Å². The average molecular weight is 657 g/mol. The van der Waals surface area contributed by atoms with E-state index in [0.717, 1.165) is 31.7 Å². The van der Waals surface area contributed by atoms with Crippen LogP contribution in [0.15, 0.2) is 30.5 Å². The number of benzene rings is 1. The summed E-state index contributed by atoms with van der Waals surface area (Å²) >= 11 is 0. The van der Waals surface area contributed by atoms with Crippen molar-refractivity contribution in [1.82, 2.24) is 30.2 Å². The van der Waals surface area contributed by atoms with Crippen LogP contribution in [0.1, 0.15) is 62.9 Å². The van der Waals surface area contributed by atoms with E-state index in [1.165, 1.54) is 30.3 Å². The summed E-state index contributed by atoms with van der Waals surface area (Å²) in [5, 5.41) is 12.3. The first-order chi connectivity index (χ1) is 22.4. The molecule has 12 nitrogen and oxygen atoms in total. The number of aromatic nitrogens is 2. The van der Waals surface area contributed by atoms with E-state index in [9.17, 15) is 23.6 Å². The van der Waals surface area contributed by atoms with Crippen LogP contribution in [-0.4, -0.2) is 101 Å². The fourth-order valence-corrected chi connectivity index (χ4v) is 6.31. The third-order valence-corrected chi connectivity index (χ3v) is 9.77. The molecule has 0 spiro atoms. The molecular weight excluding hydrogens is 610 g/mol. The largest absolute Gasteiger partial charge is 0.346 e. The van der Waals surface area contributed by atoms with Crippen LogP contribution < -0.4 is 20.9 Å². The van der Waals surface area contributed by atoms with Gasteiger partial charge in [-0.3, -0.25) is 23.9 Å². The molecule has 1 aliphatic heterocycles. The van der Waals surface area contributed by atoms with Gasteiger partial charge >= 0.3 is 0 Å². The second-order valence-electron chi connectivity index (χ2n) is 13.2. The van der Waals surface area contributed by atoms with E-state index in [1.807, 2.05) is 14.0 Å². The van der Waals surface area contributed by atoms with E-state index >= 15 is 4.39 Å². The predicted octanol–water partition coefficient (Wildman–Crippen LogP) is 2.76. The number of amides is 4. The minimum atomic E-state index is -2.00. The number of carbonyl (C=O) groups is 4. The van der Waals surface area contributed by atoms with Crippen molar-refractivity contribution in [2.45, 2.75) is 76.8 Å². The highest BCUT2D eigenvalue weighted by Crippen LogP contribution is 2.40. The summed E-state index contributed by atoms with van der Waals surface area (Å²) in [5.74, 6) is -2.62. The Morgan fingerprint density at radius 2 is 1.72 bits per heavy atom. The van der Waals surface area contributed by atoms with Gasteiger partial charge in [-0.2, -0.15) is 5.10 Å². The average Bonchev–Trinajstić information content (AvgIpc) is 3.63. The SMILES string of the molecule is CCn1nccc1C(=O)N[C@H](C(=O)Nc1ccc(N(C)[C@@H](NC(=O)C2(F)CC2)C(=O)N2CCN(C)CC2)cc1F)[C@H]1CC[C@H](C)CC1. The van der Waals surface area contributed by atoms with Crippen LogP contribution >= 0.6 is 0 Å². The quantitative estimate of drug-likeness (QED) is 0.317. The van der Waals surface area contributed by atoms with Gasteiger partial charge in [0.15, 0.2) is 11.8 Å². The first-order valence-electron chi connectivity index (χ1n) is 16.5. The van der Waals surface area contributed by atoms with Gasteiger partial charge in [0.25, 0.3) is 17.7 Å². The lowest BCUT2D eigenvalue weighted by molar-refractivity contribution is -0.139. The minimum Gasteiger partial charge on any atom is -0.346 e. The molecule has 47 heavy (non-hydrogen) atoms. The van der Waals surface area contributed by atoms with Crippen LogP contribution in [0.2, 0.25) is 0 Å². The van der Waals surface area contributed by atoms with Crippen molar-refractivity contribution in [3.63, 3.8) is 0 Å². The van der Waals surface area contributed by atoms with Gasteiger partial charge in [-0.05, 0) is 75.8 Å². The Kier molecular flexibility index (Phi) is 10.5. The summed E-state index contributed by atoms with van der Waals surface area (Å²) < 4.78 is 31.8. The lowest BCUT2D eigenvalue weighted by Gasteiger charge is -2.38. The number of likely N-dealkylation sites (N-methyl/N-ethyl adjacent to an activating group) is 2. The molecule has 4 amide bonds. The lowest BCUT2D eigenvalue weighted by atomic mass is 9.79. The number of carbonyl (C=O) groups excluding carboxylic acids is 4. The molecule has 3 N–H and O–H groups in total. The van der Waals surface area contributed by atoms with Gasteiger partial charge < -0.3 is 30.7 Å². The van der Waals surface area contributed by atoms with Crippen LogP contribution in [0, 0.1) is 17.7 Å². The van der Waals surface area contributed by atoms with Crippen LogP contribution in [0.5, 0.6) is 0 Å². The highest BCUT2D eigenvalue weighted by atomic mass is 19.1. The number of hydrogen-bond donors (Lipinski definition) is 3. The van der Waals surface area contributed by atoms with Crippen LogP contribution in [0.4, 0.5) is 20.2 Å². The van der Waals surface area contributed by atoms with Crippen molar-refractivity contribution in [3.05, 3.63) is 42.0 Å². The molecule has 5 rings (SSSR count). The zero-order valence-electron chi connectivity index (χ0n) is 27.6. The van der Waals surface area contributed by atoms with Gasteiger partial charge in [-0.1, -0.05) is 19.8 Å². The molecule has 3 fully saturated rings. The van der Waals surface area contributed by atoms with Crippen molar-refractivity contribution in [2.24, 2.45) is 11.8 Å². The van der Waals surface area contributed by atoms with Crippen molar-refractivity contribution >= 4 is 35.0 Å². The van der Waals surface area contributed by atoms with Gasteiger partial charge in [0.1, 0.15) is 17.6 Å². The van der Waals surface area contributed by atoms with E-state index in [2.05, 4.69) is 32.9 Å². The first-order valence-corrected chi connectivity index (χ1v) is 16.5. The van der Waals surface area contributed by atoms with Gasteiger partial charge in [-0.15, -0.1) is 0 Å². The normalized spacial score (nSPS) is 22.1. The number of hydrogen-bond acceptors (Lipinski definition) is 7. The maximum atomic E-state index is 15.6. The molecule has 256 valence electrons. The molecule has 0 radical (unpaired) electrons. The third-order valence-electron chi connectivity index (χ3n) is 9.77. The second-order valence-corrected chi connectivity index (χ2v) is 13.2. The van der Waals surface area contributed by atoms with E-state index < -0.39 is 47.3 Å². The first kappa shape index (κ1) is 34.3. The Balaban J connectivity index is 1.33. The lowest BCUT2D eigenvalue weighted by Crippen LogP contribution is -2.60. The molecule has 1 aromatic carbocycles. The Hall–Kier alpha value is -4.07. The monoisotopic (exact) mass is 656 g/mol. The Morgan fingerprint density at radius 3 is 2.34 bits per heavy atom. The van der Waals surface area contributed by atoms with E-state index in [1.54, 1.807) is 15.6 Å². The van der Waals surface area contributed by atoms with Crippen LogP contribution in [0.25, 0.3) is 0 Å². The summed E-state index contributed by atoms with van der Waals surface area (Å²) in [4.78, 5) is 58.3. The highest BCUT2D eigenvalue weighted by molar-refractivity contribution is 6.01. The molecule has 1 saturated heterocycles. The fourth-order valence-electron chi connectivity index (χ4n) is 6.31. The Labute approximate surface area is 274 Å². The maximum Gasteiger partial charge on any atom is 0.270 e. The number of alkyl halides is 1. The second kappa shape index (κ2) is 14.4. The van der Waals surface area contributed by atoms with Crippen LogP contribution in [-0.2, 0) is 20.9 Å². The van der Waals surface area contributed by atoms with E-state index in [-0.39, 0.29) is 30.1 Å². The van der Waals surface area contributed by atoms with Gasteiger partial charge in [0, 0.05) is 51.7 Å². The number of piperazine rings is 1. The standard InChI is InChI=1S/C33H46F2N8O4/c1-5-43-26(12-15-36-43)29(44)38-27(22-8-6-21(2)7-9-22)30(45)37-25-11-10-23(20-24(25)34)41(4)28(39-32(47)33(35)13-14-33)31(46)42-18-16-40(3)17-19-42/h10-12,15,20-22,27-28H,5-9,13-14,16-19H2,1-4H3,(H,37,45)(H,38,44)(H,39,47)/t21-,22-,27-,28+/m0/s1. The number of nitrogens with one attached hydrogen (secondary N) is 3.